The highest BCUT2D eigenvalue weighted by molar-refractivity contribution is 7.07. The van der Waals surface area contributed by atoms with E-state index in [4.69, 9.17) is 4.74 Å². The number of aromatic nitrogens is 2. The molecule has 7 heteroatoms. The number of carbonyl (C=O) groups excluding carboxylic acids is 1. The number of ether oxygens (including phenoxy) is 1. The van der Waals surface area contributed by atoms with Crippen LogP contribution >= 0.6 is 11.3 Å². The molecule has 2 saturated heterocycles. The molecule has 25 heavy (non-hydrogen) atoms. The van der Waals surface area contributed by atoms with Crippen molar-refractivity contribution >= 4 is 17.2 Å². The molecule has 0 bridgehead atoms. The predicted octanol–water partition coefficient (Wildman–Crippen LogP) is 2.35. The number of nitrogens with zero attached hydrogens (tertiary/aromatic N) is 4. The highest BCUT2D eigenvalue weighted by Gasteiger charge is 2.31. The number of pyridine rings is 1. The number of thiazole rings is 1. The zero-order chi connectivity index (χ0) is 17.1. The van der Waals surface area contributed by atoms with E-state index in [9.17, 15) is 4.79 Å². The van der Waals surface area contributed by atoms with Crippen molar-refractivity contribution < 1.29 is 9.53 Å². The number of amides is 1. The summed E-state index contributed by atoms with van der Waals surface area (Å²) in [6.07, 6.45) is 3.90. The number of hydrogen-bond acceptors (Lipinski definition) is 6. The predicted molar refractivity (Wildman–Crippen MR) is 95.5 cm³/mol. The van der Waals surface area contributed by atoms with Gasteiger partial charge in [-0.3, -0.25) is 14.7 Å². The van der Waals surface area contributed by atoms with E-state index >= 15 is 0 Å². The average Bonchev–Trinajstić information content (AvgIpc) is 3.34. The molecule has 132 valence electrons. The van der Waals surface area contributed by atoms with Crippen LogP contribution in [-0.4, -0.2) is 58.5 Å². The van der Waals surface area contributed by atoms with Gasteiger partial charge in [0.25, 0.3) is 5.91 Å². The molecule has 1 atom stereocenters. The molecule has 2 aliphatic rings. The fourth-order valence-corrected chi connectivity index (χ4v) is 4.13. The molecule has 0 unspecified atom stereocenters. The summed E-state index contributed by atoms with van der Waals surface area (Å²) in [6.45, 7) is 5.11. The maximum Gasteiger partial charge on any atom is 0.273 e. The topological polar surface area (TPSA) is 58.6 Å². The van der Waals surface area contributed by atoms with E-state index in [-0.39, 0.29) is 11.9 Å². The Labute approximate surface area is 151 Å². The number of hydrogen-bond donors (Lipinski definition) is 0. The summed E-state index contributed by atoms with van der Waals surface area (Å²) in [5, 5.41) is 1.83. The molecule has 4 rings (SSSR count). The third-order valence-corrected chi connectivity index (χ3v) is 5.47. The van der Waals surface area contributed by atoms with E-state index in [0.717, 1.165) is 57.9 Å². The van der Waals surface area contributed by atoms with Crippen molar-refractivity contribution in [1.29, 1.82) is 0 Å². The second kappa shape index (κ2) is 7.59. The van der Waals surface area contributed by atoms with Crippen molar-refractivity contribution in [1.82, 2.24) is 19.8 Å². The van der Waals surface area contributed by atoms with Gasteiger partial charge in [0.05, 0.1) is 30.5 Å². The van der Waals surface area contributed by atoms with E-state index in [1.165, 1.54) is 16.9 Å². The third kappa shape index (κ3) is 3.73. The first kappa shape index (κ1) is 16.6. The summed E-state index contributed by atoms with van der Waals surface area (Å²) >= 11 is 1.46. The molecule has 2 aromatic heterocycles. The van der Waals surface area contributed by atoms with Crippen molar-refractivity contribution in [3.8, 4) is 0 Å². The van der Waals surface area contributed by atoms with Crippen molar-refractivity contribution in [2.45, 2.75) is 25.4 Å². The molecule has 4 heterocycles. The molecule has 1 amide bonds. The standard InChI is InChI=1S/C18H22N4O2S/c23-18(16-12-25-13-20-16)22-5-1-2-17(22)14-3-4-19-15(10-14)11-21-6-8-24-9-7-21/h3-4,10,12-13,17H,1-2,5-9,11H2/t17-/m1/s1. The Bertz CT molecular complexity index is 716. The van der Waals surface area contributed by atoms with Gasteiger partial charge in [0, 0.05) is 37.8 Å². The van der Waals surface area contributed by atoms with Crippen LogP contribution in [0.1, 0.15) is 40.6 Å². The fourth-order valence-electron chi connectivity index (χ4n) is 3.60. The van der Waals surface area contributed by atoms with Crippen molar-refractivity contribution in [3.63, 3.8) is 0 Å². The third-order valence-electron chi connectivity index (χ3n) is 4.88. The van der Waals surface area contributed by atoms with E-state index < -0.39 is 0 Å². The average molecular weight is 358 g/mol. The first-order valence-electron chi connectivity index (χ1n) is 8.75. The van der Waals surface area contributed by atoms with Gasteiger partial charge in [-0.05, 0) is 30.5 Å². The van der Waals surface area contributed by atoms with Crippen LogP contribution in [0.25, 0.3) is 0 Å². The van der Waals surface area contributed by atoms with Gasteiger partial charge in [0.15, 0.2) is 0 Å². The van der Waals surface area contributed by atoms with Crippen LogP contribution < -0.4 is 0 Å². The Morgan fingerprint density at radius 1 is 1.28 bits per heavy atom. The lowest BCUT2D eigenvalue weighted by molar-refractivity contribution is 0.0336. The summed E-state index contributed by atoms with van der Waals surface area (Å²) in [6, 6.07) is 4.33. The fraction of sp³-hybridized carbons (Fsp3) is 0.500. The Morgan fingerprint density at radius 3 is 2.96 bits per heavy atom. The molecule has 2 fully saturated rings. The molecule has 0 radical (unpaired) electrons. The van der Waals surface area contributed by atoms with Gasteiger partial charge >= 0.3 is 0 Å². The summed E-state index contributed by atoms with van der Waals surface area (Å²) in [5.74, 6) is 0.0373. The van der Waals surface area contributed by atoms with Gasteiger partial charge in [0.2, 0.25) is 0 Å². The van der Waals surface area contributed by atoms with E-state index in [2.05, 4.69) is 20.9 Å². The highest BCUT2D eigenvalue weighted by atomic mass is 32.1. The first-order chi connectivity index (χ1) is 12.3. The van der Waals surface area contributed by atoms with Crippen molar-refractivity contribution in [2.75, 3.05) is 32.8 Å². The van der Waals surface area contributed by atoms with Gasteiger partial charge in [-0.15, -0.1) is 11.3 Å². The maximum absolute atomic E-state index is 12.7. The number of morpholine rings is 1. The first-order valence-corrected chi connectivity index (χ1v) is 9.69. The van der Waals surface area contributed by atoms with E-state index in [1.54, 1.807) is 5.51 Å². The molecule has 2 aliphatic heterocycles. The molecular formula is C18H22N4O2S. The largest absolute Gasteiger partial charge is 0.379 e. The Morgan fingerprint density at radius 2 is 2.16 bits per heavy atom. The van der Waals surface area contributed by atoms with Crippen LogP contribution in [0, 0.1) is 0 Å². The number of rotatable bonds is 4. The molecule has 0 aromatic carbocycles. The summed E-state index contributed by atoms with van der Waals surface area (Å²) in [7, 11) is 0. The minimum atomic E-state index is 0.0373. The zero-order valence-electron chi connectivity index (χ0n) is 14.1. The number of carbonyl (C=O) groups is 1. The van der Waals surface area contributed by atoms with Crippen LogP contribution in [0.4, 0.5) is 0 Å². The van der Waals surface area contributed by atoms with Gasteiger partial charge < -0.3 is 9.64 Å². The van der Waals surface area contributed by atoms with Crippen LogP contribution in [0.3, 0.4) is 0 Å². The van der Waals surface area contributed by atoms with Gasteiger partial charge in [-0.25, -0.2) is 4.98 Å². The second-order valence-electron chi connectivity index (χ2n) is 6.50. The molecule has 2 aromatic rings. The van der Waals surface area contributed by atoms with Gasteiger partial charge in [-0.1, -0.05) is 0 Å². The lowest BCUT2D eigenvalue weighted by atomic mass is 10.0. The monoisotopic (exact) mass is 358 g/mol. The van der Waals surface area contributed by atoms with Crippen LogP contribution in [0.5, 0.6) is 0 Å². The minimum Gasteiger partial charge on any atom is -0.379 e. The normalized spacial score (nSPS) is 21.6. The molecule has 0 N–H and O–H groups in total. The Hall–Kier alpha value is -1.83. The molecular weight excluding hydrogens is 336 g/mol. The summed E-state index contributed by atoms with van der Waals surface area (Å²) in [4.78, 5) is 25.8. The highest BCUT2D eigenvalue weighted by Crippen LogP contribution is 2.33. The Kier molecular flexibility index (Phi) is 5.05. The van der Waals surface area contributed by atoms with E-state index in [1.807, 2.05) is 22.5 Å². The summed E-state index contributed by atoms with van der Waals surface area (Å²) < 4.78 is 5.41. The zero-order valence-corrected chi connectivity index (χ0v) is 15.0. The molecule has 0 saturated carbocycles. The molecule has 6 nitrogen and oxygen atoms in total. The second-order valence-corrected chi connectivity index (χ2v) is 7.22. The van der Waals surface area contributed by atoms with Crippen LogP contribution in [0.2, 0.25) is 0 Å². The van der Waals surface area contributed by atoms with Crippen molar-refractivity contribution in [3.05, 3.63) is 46.2 Å². The lowest BCUT2D eigenvalue weighted by Gasteiger charge is -2.27. The van der Waals surface area contributed by atoms with Crippen LogP contribution in [0.15, 0.2) is 29.2 Å². The van der Waals surface area contributed by atoms with Gasteiger partial charge in [-0.2, -0.15) is 0 Å². The van der Waals surface area contributed by atoms with Gasteiger partial charge in [0.1, 0.15) is 5.69 Å². The Balaban J connectivity index is 1.50. The molecule has 0 spiro atoms. The lowest BCUT2D eigenvalue weighted by Crippen LogP contribution is -2.36. The van der Waals surface area contributed by atoms with E-state index in [0.29, 0.717) is 5.69 Å². The quantitative estimate of drug-likeness (QED) is 0.840. The van der Waals surface area contributed by atoms with Crippen molar-refractivity contribution in [2.24, 2.45) is 0 Å². The smallest absolute Gasteiger partial charge is 0.273 e. The number of likely N-dealkylation sites (tertiary alicyclic amines) is 1. The summed E-state index contributed by atoms with van der Waals surface area (Å²) in [5.41, 5.74) is 4.51. The maximum atomic E-state index is 12.7. The SMILES string of the molecule is O=C(c1cscn1)N1CCC[C@@H]1c1ccnc(CN2CCOCC2)c1. The minimum absolute atomic E-state index is 0.0373. The molecule has 0 aliphatic carbocycles. The van der Waals surface area contributed by atoms with Crippen LogP contribution in [-0.2, 0) is 11.3 Å².